The first kappa shape index (κ1) is 64.4. The van der Waals surface area contributed by atoms with Crippen LogP contribution in [-0.2, 0) is 49.6 Å². The monoisotopic (exact) mass is 1180 g/mol. The van der Waals surface area contributed by atoms with Crippen molar-refractivity contribution in [2.24, 2.45) is 22.2 Å². The Morgan fingerprint density at radius 2 is 1.10 bits per heavy atom. The molecule has 0 radical (unpaired) electrons. The minimum atomic E-state index is -1.49. The molecule has 1 saturated heterocycles. The Bertz CT molecular complexity index is 2740. The number of urea groups is 1. The van der Waals surface area contributed by atoms with Crippen LogP contribution in [0, 0.1) is 11.8 Å². The maximum atomic E-state index is 14.3. The van der Waals surface area contributed by atoms with E-state index < -0.39 is 83.6 Å². The minimum absolute atomic E-state index is 0.0323. The summed E-state index contributed by atoms with van der Waals surface area (Å²) in [7, 11) is 0. The molecule has 1 aliphatic carbocycles. The van der Waals surface area contributed by atoms with Gasteiger partial charge in [0.2, 0.25) is 17.7 Å². The number of nitrogens with zero attached hydrogens (tertiary/aromatic N) is 7. The first-order chi connectivity index (χ1) is 39.7. The number of carbonyl (C=O) groups excluding carboxylic acids is 4. The van der Waals surface area contributed by atoms with Crippen LogP contribution in [0.3, 0.4) is 0 Å². The third-order valence-electron chi connectivity index (χ3n) is 14.8. The number of carbonyl (C=O) groups is 10. The number of benzene rings is 3. The minimum Gasteiger partial charge on any atom is -0.481 e. The van der Waals surface area contributed by atoms with E-state index in [1.54, 1.807) is 14.7 Å². The summed E-state index contributed by atoms with van der Waals surface area (Å²) in [5.74, 6) is -9.25. The Morgan fingerprint density at radius 3 is 1.60 bits per heavy atom. The van der Waals surface area contributed by atoms with Crippen LogP contribution in [-0.4, -0.2) is 255 Å². The van der Waals surface area contributed by atoms with Crippen LogP contribution in [0.4, 0.5) is 4.79 Å². The average molecular weight is 1180 g/mol. The van der Waals surface area contributed by atoms with E-state index in [1.807, 2.05) is 53.4 Å². The third-order valence-corrected chi connectivity index (χ3v) is 15.8. The lowest BCUT2D eigenvalue weighted by Crippen LogP contribution is -2.52. The normalized spacial score (nSPS) is 19.8. The highest BCUT2D eigenvalue weighted by molar-refractivity contribution is 8.00. The molecule has 3 aliphatic rings. The van der Waals surface area contributed by atoms with Crippen molar-refractivity contribution < 1.29 is 78.6 Å². The summed E-state index contributed by atoms with van der Waals surface area (Å²) in [6, 6.07) is 11.9. The molecule has 2 fully saturated rings. The summed E-state index contributed by atoms with van der Waals surface area (Å²) in [5, 5.41) is 83.8. The highest BCUT2D eigenvalue weighted by atomic mass is 32.2. The molecular formula is C54H74N12O16S. The van der Waals surface area contributed by atoms with Gasteiger partial charge in [-0.3, -0.25) is 58.2 Å². The summed E-state index contributed by atoms with van der Waals surface area (Å²) in [5.41, 5.74) is 0.868. The van der Waals surface area contributed by atoms with Crippen molar-refractivity contribution >= 4 is 92.9 Å². The van der Waals surface area contributed by atoms with E-state index in [1.165, 1.54) is 5.01 Å². The predicted molar refractivity (Wildman–Crippen MR) is 302 cm³/mol. The van der Waals surface area contributed by atoms with Crippen LogP contribution >= 0.6 is 11.8 Å². The number of amides is 5. The molecule has 2 heterocycles. The van der Waals surface area contributed by atoms with Crippen LogP contribution in [0.1, 0.15) is 37.7 Å². The van der Waals surface area contributed by atoms with Gasteiger partial charge in [0.05, 0.1) is 51.1 Å². The van der Waals surface area contributed by atoms with Gasteiger partial charge in [-0.15, -0.1) is 11.8 Å². The lowest BCUT2D eigenvalue weighted by Gasteiger charge is -2.33. The van der Waals surface area contributed by atoms with E-state index in [0.717, 1.165) is 38.9 Å². The third kappa shape index (κ3) is 21.5. The molecule has 28 nitrogen and oxygen atoms in total. The Labute approximate surface area is 482 Å². The number of fused-ring (bicyclic) bond motifs is 2. The quantitative estimate of drug-likeness (QED) is 0.0426. The van der Waals surface area contributed by atoms with E-state index in [9.17, 15) is 73.5 Å². The Balaban J connectivity index is 1.03. The van der Waals surface area contributed by atoms with Crippen molar-refractivity contribution in [3.05, 3.63) is 60.2 Å². The molecule has 6 rings (SSSR count). The highest BCUT2D eigenvalue weighted by Gasteiger charge is 2.33. The molecule has 0 aromatic heterocycles. The maximum Gasteiger partial charge on any atom is 0.327 e. The maximum absolute atomic E-state index is 14.3. The van der Waals surface area contributed by atoms with Crippen LogP contribution in [0.2, 0.25) is 0 Å². The van der Waals surface area contributed by atoms with Crippen molar-refractivity contribution in [2.45, 2.75) is 62.7 Å². The lowest BCUT2D eigenvalue weighted by atomic mass is 9.81. The molecule has 3 aromatic rings. The fourth-order valence-corrected chi connectivity index (χ4v) is 11.2. The molecule has 0 spiro atoms. The molecule has 83 heavy (non-hydrogen) atoms. The molecule has 4 atom stereocenters. The van der Waals surface area contributed by atoms with Gasteiger partial charge in [0.25, 0.3) is 0 Å². The van der Waals surface area contributed by atoms with Crippen molar-refractivity contribution in [1.82, 2.24) is 51.2 Å². The first-order valence-electron chi connectivity index (χ1n) is 27.5. The smallest absolute Gasteiger partial charge is 0.327 e. The van der Waals surface area contributed by atoms with Crippen LogP contribution < -0.4 is 26.6 Å². The second-order valence-electron chi connectivity index (χ2n) is 21.0. The molecule has 29 heteroatoms. The summed E-state index contributed by atoms with van der Waals surface area (Å²) in [4.78, 5) is 131. The second-order valence-corrected chi connectivity index (χ2v) is 22.0. The Kier molecular flexibility index (Phi) is 25.0. The topological polar surface area (TPSA) is 393 Å². The fraction of sp³-hybridized carbons (Fsp3) is 0.556. The molecule has 11 N–H and O–H groups in total. The summed E-state index contributed by atoms with van der Waals surface area (Å²) < 4.78 is 0. The zero-order chi connectivity index (χ0) is 60.0. The number of carboxylic acid groups (broad SMARTS) is 6. The molecular weight excluding hydrogens is 1100 g/mol. The van der Waals surface area contributed by atoms with Gasteiger partial charge in [-0.25, -0.2) is 14.4 Å². The van der Waals surface area contributed by atoms with E-state index in [0.29, 0.717) is 45.3 Å². The van der Waals surface area contributed by atoms with Crippen molar-refractivity contribution in [1.29, 1.82) is 0 Å². The number of carboxylic acids is 6. The van der Waals surface area contributed by atoms with E-state index in [-0.39, 0.29) is 121 Å². The number of nitrogens with one attached hydrogen (secondary N) is 5. The summed E-state index contributed by atoms with van der Waals surface area (Å²) in [6.07, 6.45) is 2.15. The van der Waals surface area contributed by atoms with Gasteiger partial charge in [0, 0.05) is 90.0 Å². The molecule has 452 valence electrons. The zero-order valence-corrected chi connectivity index (χ0v) is 46.8. The van der Waals surface area contributed by atoms with Crippen LogP contribution in [0.5, 0.6) is 0 Å². The zero-order valence-electron chi connectivity index (χ0n) is 45.9. The molecule has 3 aromatic carbocycles. The van der Waals surface area contributed by atoms with E-state index >= 15 is 0 Å². The largest absolute Gasteiger partial charge is 0.481 e. The van der Waals surface area contributed by atoms with Crippen molar-refractivity contribution in [3.63, 3.8) is 0 Å². The van der Waals surface area contributed by atoms with Gasteiger partial charge in [0.1, 0.15) is 18.1 Å². The number of hydrogen-bond acceptors (Lipinski definition) is 18. The molecule has 0 bridgehead atoms. The fourth-order valence-electron chi connectivity index (χ4n) is 10.4. The lowest BCUT2D eigenvalue weighted by molar-refractivity contribution is -0.140. The Morgan fingerprint density at radius 1 is 0.590 bits per heavy atom. The Hall–Kier alpha value is -7.73. The number of thioether (sulfide) groups is 1. The summed E-state index contributed by atoms with van der Waals surface area (Å²) in [6.45, 7) is 1.91. The predicted octanol–water partition coefficient (Wildman–Crippen LogP) is -0.000600. The van der Waals surface area contributed by atoms with Gasteiger partial charge in [-0.05, 0) is 64.8 Å². The molecule has 2 aliphatic heterocycles. The van der Waals surface area contributed by atoms with Crippen LogP contribution in [0.15, 0.2) is 64.9 Å². The molecule has 5 amide bonds. The standard InChI is InChI=1S/C54H74N12O16S/c67-45(28-62-15-17-63(29-46(68)69)19-21-65(31-48(72)73)22-20-64(18-16-62)30-47(70)71)56-26-34-9-11-35(12-10-34)50(76)57-42(25-41-39-7-3-1-5-36(39)23-37-6-2-4-8-40(37)41)51(77)55-13-14-66-27-38(60-61-66)24-43(52(78)79)58-54(82)59-44(53(80)81)32-83-33-49(74)75/h1-8,23,34-35,38,42-44H,9-22,24-33H2,(H,55,77)(H,56,67)(H,57,76)(H,68,69)(H,70,71)(H,72,73)(H,74,75)(H,78,79)(H,80,81)(H2,58,59,82)/t34?,35?,38?,42-,43-,44-/m0/s1. The van der Waals surface area contributed by atoms with Crippen LogP contribution in [0.25, 0.3) is 21.5 Å². The highest BCUT2D eigenvalue weighted by Crippen LogP contribution is 2.31. The molecule has 1 saturated carbocycles. The van der Waals surface area contributed by atoms with Gasteiger partial charge in [0.15, 0.2) is 0 Å². The SMILES string of the molecule is O=C(O)CSC[C@H](NC(=O)N[C@@H](CC1CN(CCNC(=O)[C@H](Cc2c3ccccc3cc3ccccc23)NC(=O)C2CCC(CNC(=O)CN3CCN(CC(=O)O)CCN(CC(=O)O)CCN(CC(=O)O)CC3)CC2)N=N1)C(=O)O)C(=O)O. The average Bonchev–Trinajstić information content (AvgIpc) is 3.93. The van der Waals surface area contributed by atoms with Gasteiger partial charge in [-0.1, -0.05) is 53.8 Å². The van der Waals surface area contributed by atoms with Gasteiger partial charge >= 0.3 is 41.8 Å². The van der Waals surface area contributed by atoms with E-state index in [4.69, 9.17) is 5.11 Å². The van der Waals surface area contributed by atoms with Crippen molar-refractivity contribution in [2.75, 3.05) is 116 Å². The first-order valence-corrected chi connectivity index (χ1v) is 28.6. The van der Waals surface area contributed by atoms with Gasteiger partial charge in [-0.2, -0.15) is 5.11 Å². The number of rotatable bonds is 28. The number of hydrogen-bond donors (Lipinski definition) is 11. The van der Waals surface area contributed by atoms with Crippen molar-refractivity contribution in [3.8, 4) is 0 Å². The summed E-state index contributed by atoms with van der Waals surface area (Å²) >= 11 is 0.765. The molecule has 1 unspecified atom stereocenters. The number of aliphatic carboxylic acids is 6. The van der Waals surface area contributed by atoms with E-state index in [2.05, 4.69) is 43.0 Å². The van der Waals surface area contributed by atoms with Gasteiger partial charge < -0.3 is 57.2 Å². The second kappa shape index (κ2) is 32.2.